The molecule has 0 fully saturated rings. The van der Waals surface area contributed by atoms with Crippen LogP contribution in [0.3, 0.4) is 0 Å². The van der Waals surface area contributed by atoms with Crippen molar-refractivity contribution in [3.8, 4) is 0 Å². The van der Waals surface area contributed by atoms with Gasteiger partial charge in [-0.2, -0.15) is 0 Å². The van der Waals surface area contributed by atoms with Crippen LogP contribution in [0, 0.1) is 0 Å². The number of hydrogen-bond donors (Lipinski definition) is 0. The van der Waals surface area contributed by atoms with Crippen molar-refractivity contribution in [2.24, 2.45) is 7.05 Å². The molecule has 1 radical (unpaired) electrons. The van der Waals surface area contributed by atoms with E-state index in [4.69, 9.17) is 0 Å². The van der Waals surface area contributed by atoms with Crippen LogP contribution in [0.25, 0.3) is 17.0 Å². The lowest BCUT2D eigenvalue weighted by molar-refractivity contribution is 0.819. The Bertz CT molecular complexity index is 569. The Morgan fingerprint density at radius 2 is 2.38 bits per heavy atom. The standard InChI is InChI=1S/C13H14BN2/c1-14-9-3-4-10-11-8-15-6-5-12(11)16(2)13(10)7-9/h3-6,8-9H,7H2,1-2H3. The van der Waals surface area contributed by atoms with Gasteiger partial charge in [-0.3, -0.25) is 4.98 Å². The van der Waals surface area contributed by atoms with Gasteiger partial charge >= 0.3 is 0 Å². The van der Waals surface area contributed by atoms with Crippen LogP contribution < -0.4 is 0 Å². The van der Waals surface area contributed by atoms with Crippen LogP contribution in [0.5, 0.6) is 0 Å². The summed E-state index contributed by atoms with van der Waals surface area (Å²) in [4.78, 5) is 4.22. The third-order valence-corrected chi connectivity index (χ3v) is 3.53. The molecule has 0 spiro atoms. The van der Waals surface area contributed by atoms with Gasteiger partial charge in [0.15, 0.2) is 0 Å². The van der Waals surface area contributed by atoms with E-state index in [2.05, 4.69) is 48.9 Å². The molecule has 3 rings (SSSR count). The van der Waals surface area contributed by atoms with Crippen molar-refractivity contribution < 1.29 is 0 Å². The fourth-order valence-corrected chi connectivity index (χ4v) is 2.54. The van der Waals surface area contributed by atoms with E-state index in [1.165, 1.54) is 22.2 Å². The zero-order valence-corrected chi connectivity index (χ0v) is 9.64. The van der Waals surface area contributed by atoms with Crippen LogP contribution in [-0.2, 0) is 13.5 Å². The molecule has 0 N–H and O–H groups in total. The number of allylic oxidation sites excluding steroid dienone is 1. The fraction of sp³-hybridized carbons (Fsp3) is 0.308. The van der Waals surface area contributed by atoms with E-state index in [0.29, 0.717) is 5.82 Å². The smallest absolute Gasteiger partial charge is 0.115 e. The van der Waals surface area contributed by atoms with Gasteiger partial charge in [0.05, 0.1) is 5.52 Å². The van der Waals surface area contributed by atoms with Gasteiger partial charge in [-0.25, -0.2) is 0 Å². The number of fused-ring (bicyclic) bond motifs is 3. The first-order valence-electron chi connectivity index (χ1n) is 5.70. The largest absolute Gasteiger partial charge is 0.347 e. The minimum atomic E-state index is 0.573. The summed E-state index contributed by atoms with van der Waals surface area (Å²) in [6.07, 6.45) is 9.46. The lowest BCUT2D eigenvalue weighted by Crippen LogP contribution is -2.09. The summed E-state index contributed by atoms with van der Waals surface area (Å²) < 4.78 is 2.30. The molecule has 2 aromatic heterocycles. The van der Waals surface area contributed by atoms with Gasteiger partial charge in [0, 0.05) is 36.1 Å². The average Bonchev–Trinajstić information content (AvgIpc) is 2.64. The van der Waals surface area contributed by atoms with Crippen molar-refractivity contribution in [3.63, 3.8) is 0 Å². The van der Waals surface area contributed by atoms with E-state index in [0.717, 1.165) is 6.42 Å². The minimum Gasteiger partial charge on any atom is -0.347 e. The summed E-state index contributed by atoms with van der Waals surface area (Å²) in [5.74, 6) is 0.573. The second kappa shape index (κ2) is 3.51. The predicted molar refractivity (Wildman–Crippen MR) is 68.8 cm³/mol. The van der Waals surface area contributed by atoms with Crippen LogP contribution in [0.1, 0.15) is 11.3 Å². The molecule has 1 atom stereocenters. The Kier molecular flexibility index (Phi) is 2.13. The Labute approximate surface area is 96.2 Å². The zero-order valence-electron chi connectivity index (χ0n) is 9.64. The van der Waals surface area contributed by atoms with Gasteiger partial charge in [0.2, 0.25) is 0 Å². The molecule has 0 aromatic carbocycles. The molecule has 0 aliphatic heterocycles. The van der Waals surface area contributed by atoms with Crippen LogP contribution >= 0.6 is 0 Å². The van der Waals surface area contributed by atoms with E-state index in [9.17, 15) is 0 Å². The fourth-order valence-electron chi connectivity index (χ4n) is 2.54. The number of rotatable bonds is 1. The first-order chi connectivity index (χ1) is 7.81. The number of aromatic nitrogens is 2. The summed E-state index contributed by atoms with van der Waals surface area (Å²) in [5, 5.41) is 1.27. The highest BCUT2D eigenvalue weighted by Gasteiger charge is 2.19. The molecule has 3 heteroatoms. The summed E-state index contributed by atoms with van der Waals surface area (Å²) in [7, 11) is 4.41. The van der Waals surface area contributed by atoms with Gasteiger partial charge in [0.25, 0.3) is 0 Å². The maximum absolute atomic E-state index is 4.22. The molecule has 0 saturated heterocycles. The highest BCUT2D eigenvalue weighted by molar-refractivity contribution is 6.36. The molecule has 0 saturated carbocycles. The van der Waals surface area contributed by atoms with E-state index in [-0.39, 0.29) is 0 Å². The molecular formula is C13H14BN2. The maximum atomic E-state index is 4.22. The molecule has 2 nitrogen and oxygen atoms in total. The predicted octanol–water partition coefficient (Wildman–Crippen LogP) is 2.68. The third-order valence-electron chi connectivity index (χ3n) is 3.53. The first-order valence-corrected chi connectivity index (χ1v) is 5.70. The Hall–Kier alpha value is -1.51. The van der Waals surface area contributed by atoms with Gasteiger partial charge in [-0.1, -0.05) is 19.0 Å². The van der Waals surface area contributed by atoms with Crippen LogP contribution in [-0.4, -0.2) is 16.8 Å². The minimum absolute atomic E-state index is 0.573. The highest BCUT2D eigenvalue weighted by atomic mass is 15.0. The summed E-state index contributed by atoms with van der Waals surface area (Å²) in [6, 6.07) is 2.09. The first kappa shape index (κ1) is 9.70. The Morgan fingerprint density at radius 1 is 1.50 bits per heavy atom. The highest BCUT2D eigenvalue weighted by Crippen LogP contribution is 2.33. The molecule has 79 valence electrons. The number of nitrogens with zero attached hydrogens (tertiary/aromatic N) is 2. The van der Waals surface area contributed by atoms with Crippen LogP contribution in [0.4, 0.5) is 0 Å². The van der Waals surface area contributed by atoms with Crippen molar-refractivity contribution in [3.05, 3.63) is 35.8 Å². The lowest BCUT2D eigenvalue weighted by Gasteiger charge is -2.16. The number of pyridine rings is 1. The SMILES string of the molecule is C[B]C1C=Cc2c(n(C)c3ccncc23)C1. The molecule has 2 aromatic rings. The van der Waals surface area contributed by atoms with Crippen molar-refractivity contribution in [2.45, 2.75) is 19.1 Å². The van der Waals surface area contributed by atoms with Gasteiger partial charge in [0.1, 0.15) is 7.28 Å². The second-order valence-corrected chi connectivity index (χ2v) is 4.37. The molecule has 1 unspecified atom stereocenters. The van der Waals surface area contributed by atoms with Crippen molar-refractivity contribution in [1.29, 1.82) is 0 Å². The van der Waals surface area contributed by atoms with Crippen LogP contribution in [0.2, 0.25) is 12.6 Å². The third kappa shape index (κ3) is 1.24. The normalized spacial score (nSPS) is 18.8. The van der Waals surface area contributed by atoms with E-state index >= 15 is 0 Å². The molecule has 1 aliphatic rings. The molecular weight excluding hydrogens is 195 g/mol. The van der Waals surface area contributed by atoms with E-state index in [1.807, 2.05) is 12.4 Å². The van der Waals surface area contributed by atoms with Gasteiger partial charge < -0.3 is 4.57 Å². The van der Waals surface area contributed by atoms with E-state index < -0.39 is 0 Å². The maximum Gasteiger partial charge on any atom is 0.115 e. The molecule has 0 amide bonds. The number of aryl methyl sites for hydroxylation is 1. The summed E-state index contributed by atoms with van der Waals surface area (Å²) >= 11 is 0. The van der Waals surface area contributed by atoms with Crippen LogP contribution in [0.15, 0.2) is 24.5 Å². The summed E-state index contributed by atoms with van der Waals surface area (Å²) in [5.41, 5.74) is 4.05. The number of hydrogen-bond acceptors (Lipinski definition) is 1. The van der Waals surface area contributed by atoms with Crippen molar-refractivity contribution in [1.82, 2.24) is 9.55 Å². The Balaban J connectivity index is 2.27. The molecule has 16 heavy (non-hydrogen) atoms. The van der Waals surface area contributed by atoms with Crippen molar-refractivity contribution in [2.75, 3.05) is 0 Å². The zero-order chi connectivity index (χ0) is 11.1. The lowest BCUT2D eigenvalue weighted by atomic mass is 9.63. The van der Waals surface area contributed by atoms with E-state index in [1.54, 1.807) is 0 Å². The monoisotopic (exact) mass is 209 g/mol. The van der Waals surface area contributed by atoms with Gasteiger partial charge in [-0.05, 0) is 18.3 Å². The summed E-state index contributed by atoms with van der Waals surface area (Å²) in [6.45, 7) is 2.13. The molecule has 2 heterocycles. The second-order valence-electron chi connectivity index (χ2n) is 4.37. The average molecular weight is 209 g/mol. The quantitative estimate of drug-likeness (QED) is 0.660. The Morgan fingerprint density at radius 3 is 3.19 bits per heavy atom. The molecule has 0 bridgehead atoms. The van der Waals surface area contributed by atoms with Crippen molar-refractivity contribution >= 4 is 24.3 Å². The van der Waals surface area contributed by atoms with Gasteiger partial charge in [-0.15, -0.1) is 0 Å². The molecule has 1 aliphatic carbocycles. The topological polar surface area (TPSA) is 17.8 Å².